The molecule has 220 valence electrons. The van der Waals surface area contributed by atoms with Gasteiger partial charge in [0.05, 0.1) is 13.2 Å². The zero-order valence-corrected chi connectivity index (χ0v) is 24.4. The number of alkyl halides is 2. The lowest BCUT2D eigenvalue weighted by Gasteiger charge is -2.45. The molecule has 2 saturated heterocycles. The highest BCUT2D eigenvalue weighted by Gasteiger charge is 2.50. The lowest BCUT2D eigenvalue weighted by atomic mass is 9.97. The first-order valence-electron chi connectivity index (χ1n) is 13.1. The first-order valence-corrected chi connectivity index (χ1v) is 15.0. The van der Waals surface area contributed by atoms with E-state index in [9.17, 15) is 35.7 Å². The second-order valence-corrected chi connectivity index (χ2v) is 12.1. The van der Waals surface area contributed by atoms with Crippen LogP contribution < -0.4 is 0 Å². The van der Waals surface area contributed by atoms with Crippen molar-refractivity contribution in [3.63, 3.8) is 0 Å². The predicted molar refractivity (Wildman–Crippen MR) is 140 cm³/mol. The molecule has 0 aromatic carbocycles. The number of hydrogen-bond donors (Lipinski definition) is 7. The van der Waals surface area contributed by atoms with E-state index in [-0.39, 0.29) is 0 Å². The van der Waals surface area contributed by atoms with Crippen LogP contribution in [0.1, 0.15) is 58.3 Å². The summed E-state index contributed by atoms with van der Waals surface area (Å²) in [4.78, 5) is 0.913. The Bertz CT molecular complexity index is 617. The third-order valence-electron chi connectivity index (χ3n) is 6.84. The van der Waals surface area contributed by atoms with Crippen LogP contribution in [-0.2, 0) is 18.9 Å². The number of unbranched alkanes of at least 4 members (excludes halogenated alkanes) is 4. The van der Waals surface area contributed by atoms with Crippen LogP contribution in [0.2, 0.25) is 0 Å². The minimum Gasteiger partial charge on any atom is -0.394 e. The van der Waals surface area contributed by atoms with Crippen molar-refractivity contribution in [1.29, 1.82) is 0 Å². The molecule has 0 aliphatic carbocycles. The minimum absolute atomic E-state index is 0.292. The molecule has 37 heavy (non-hydrogen) atoms. The molecule has 2 rings (SSSR count). The molecule has 0 radical (unpaired) electrons. The van der Waals surface area contributed by atoms with Gasteiger partial charge in [0, 0.05) is 16.3 Å². The molecule has 13 heteroatoms. The van der Waals surface area contributed by atoms with E-state index in [0.29, 0.717) is 16.3 Å². The monoisotopic (exact) mass is 666 g/mol. The SMILES string of the molecule is CCCCC(Br)C(Br)CCCCCCO[C@@H]1O[C@H](CO)[C@@H](O[C@H]2O[C@H](CO)[C@@H](O)[C@H](O)[C@H]2O)[C@H](O)[C@H]1O. The number of ether oxygens (including phenoxy) is 4. The van der Waals surface area contributed by atoms with Crippen molar-refractivity contribution in [3.05, 3.63) is 0 Å². The maximum absolute atomic E-state index is 10.6. The van der Waals surface area contributed by atoms with Crippen molar-refractivity contribution in [3.8, 4) is 0 Å². The zero-order chi connectivity index (χ0) is 27.5. The Morgan fingerprint density at radius 2 is 1.24 bits per heavy atom. The molecule has 2 fully saturated rings. The Labute approximate surface area is 235 Å². The van der Waals surface area contributed by atoms with Gasteiger partial charge in [0.15, 0.2) is 12.6 Å². The van der Waals surface area contributed by atoms with Gasteiger partial charge in [-0.3, -0.25) is 0 Å². The van der Waals surface area contributed by atoms with Gasteiger partial charge in [0.2, 0.25) is 0 Å². The Hall–Kier alpha value is 0.520. The van der Waals surface area contributed by atoms with Gasteiger partial charge < -0.3 is 54.7 Å². The number of aliphatic hydroxyl groups excluding tert-OH is 7. The maximum Gasteiger partial charge on any atom is 0.187 e. The summed E-state index contributed by atoms with van der Waals surface area (Å²) in [5, 5.41) is 70.3. The summed E-state index contributed by atoms with van der Waals surface area (Å²) in [6.07, 6.45) is -6.05. The molecule has 2 unspecified atom stereocenters. The third kappa shape index (κ3) is 9.83. The van der Waals surface area contributed by atoms with Crippen molar-refractivity contribution in [2.45, 2.75) is 129 Å². The first kappa shape index (κ1) is 33.7. The molecule has 7 N–H and O–H groups in total. The largest absolute Gasteiger partial charge is 0.394 e. The molecular formula is C24H44Br2O11. The maximum atomic E-state index is 10.6. The summed E-state index contributed by atoms with van der Waals surface area (Å²) in [6.45, 7) is 1.24. The fourth-order valence-corrected chi connectivity index (χ4v) is 5.62. The standard InChI is InChI=1S/C24H44Br2O11/c1-2-3-8-13(25)14(26)9-6-4-5-7-10-34-23-21(33)19(31)22(16(12-28)36-23)37-24-20(32)18(30)17(29)15(11-27)35-24/h13-24,27-33H,2-12H2,1H3/t13?,14?,15-,16-,17-,18+,19-,20-,21-,22-,23-,24-/m1/s1. The average molecular weight is 668 g/mol. The zero-order valence-electron chi connectivity index (χ0n) is 21.2. The van der Waals surface area contributed by atoms with Crippen LogP contribution in [0.4, 0.5) is 0 Å². The quantitative estimate of drug-likeness (QED) is 0.0889. The Kier molecular flexibility index (Phi) is 15.8. The van der Waals surface area contributed by atoms with E-state index in [1.54, 1.807) is 0 Å². The fourth-order valence-electron chi connectivity index (χ4n) is 4.45. The summed E-state index contributed by atoms with van der Waals surface area (Å²) < 4.78 is 22.1. The van der Waals surface area contributed by atoms with Gasteiger partial charge in [-0.25, -0.2) is 0 Å². The first-order chi connectivity index (χ1) is 17.7. The van der Waals surface area contributed by atoms with E-state index in [1.165, 1.54) is 12.8 Å². The number of hydrogen-bond acceptors (Lipinski definition) is 11. The molecule has 0 amide bonds. The van der Waals surface area contributed by atoms with Crippen LogP contribution in [0.15, 0.2) is 0 Å². The van der Waals surface area contributed by atoms with Crippen LogP contribution >= 0.6 is 31.9 Å². The molecule has 0 aromatic heterocycles. The number of aliphatic hydroxyl groups is 7. The van der Waals surface area contributed by atoms with Crippen LogP contribution in [0.3, 0.4) is 0 Å². The van der Waals surface area contributed by atoms with Gasteiger partial charge in [0.25, 0.3) is 0 Å². The van der Waals surface area contributed by atoms with E-state index in [2.05, 4.69) is 38.8 Å². The molecule has 2 aliphatic rings. The van der Waals surface area contributed by atoms with Gasteiger partial charge in [-0.15, -0.1) is 0 Å². The summed E-state index contributed by atoms with van der Waals surface area (Å²) in [5.74, 6) is 0. The molecule has 11 nitrogen and oxygen atoms in total. The van der Waals surface area contributed by atoms with Crippen LogP contribution in [0.5, 0.6) is 0 Å². The van der Waals surface area contributed by atoms with Gasteiger partial charge in [-0.2, -0.15) is 0 Å². The molecule has 0 spiro atoms. The van der Waals surface area contributed by atoms with Crippen LogP contribution in [-0.4, -0.2) is 127 Å². The second-order valence-electron chi connectivity index (χ2n) is 9.75. The van der Waals surface area contributed by atoms with Gasteiger partial charge in [-0.1, -0.05) is 70.9 Å². The lowest BCUT2D eigenvalue weighted by Crippen LogP contribution is -2.64. The minimum atomic E-state index is -1.70. The summed E-state index contributed by atoms with van der Waals surface area (Å²) in [5.41, 5.74) is 0. The average Bonchev–Trinajstić information content (AvgIpc) is 2.90. The Balaban J connectivity index is 1.76. The van der Waals surface area contributed by atoms with Crippen molar-refractivity contribution in [1.82, 2.24) is 0 Å². The highest BCUT2D eigenvalue weighted by Crippen LogP contribution is 2.30. The van der Waals surface area contributed by atoms with Gasteiger partial charge in [-0.05, 0) is 19.3 Å². The van der Waals surface area contributed by atoms with Gasteiger partial charge in [0.1, 0.15) is 48.8 Å². The predicted octanol–water partition coefficient (Wildman–Crippen LogP) is 0.295. The van der Waals surface area contributed by atoms with Crippen LogP contribution in [0.25, 0.3) is 0 Å². The second kappa shape index (κ2) is 17.4. The Morgan fingerprint density at radius 1 is 0.676 bits per heavy atom. The third-order valence-corrected chi connectivity index (χ3v) is 9.74. The topological polar surface area (TPSA) is 179 Å². The van der Waals surface area contributed by atoms with E-state index >= 15 is 0 Å². The highest BCUT2D eigenvalue weighted by atomic mass is 79.9. The van der Waals surface area contributed by atoms with E-state index in [0.717, 1.165) is 38.5 Å². The number of rotatable bonds is 16. The van der Waals surface area contributed by atoms with Crippen LogP contribution in [0, 0.1) is 0 Å². The molecule has 12 atom stereocenters. The molecule has 0 bridgehead atoms. The van der Waals surface area contributed by atoms with Crippen molar-refractivity contribution < 1.29 is 54.7 Å². The smallest absolute Gasteiger partial charge is 0.187 e. The van der Waals surface area contributed by atoms with Crippen molar-refractivity contribution in [2.24, 2.45) is 0 Å². The summed E-state index contributed by atoms with van der Waals surface area (Å²) in [6, 6.07) is 0. The fraction of sp³-hybridized carbons (Fsp3) is 1.00. The van der Waals surface area contributed by atoms with E-state index < -0.39 is 74.6 Å². The van der Waals surface area contributed by atoms with Gasteiger partial charge >= 0.3 is 0 Å². The van der Waals surface area contributed by atoms with E-state index in [1.807, 2.05) is 0 Å². The van der Waals surface area contributed by atoms with Crippen molar-refractivity contribution >= 4 is 31.9 Å². The molecule has 2 aliphatic heterocycles. The van der Waals surface area contributed by atoms with E-state index in [4.69, 9.17) is 18.9 Å². The number of halogens is 2. The lowest BCUT2D eigenvalue weighted by molar-refractivity contribution is -0.359. The van der Waals surface area contributed by atoms with Crippen molar-refractivity contribution in [2.75, 3.05) is 19.8 Å². The molecule has 0 aromatic rings. The molecule has 0 saturated carbocycles. The highest BCUT2D eigenvalue weighted by molar-refractivity contribution is 9.12. The normalized spacial score (nSPS) is 38.4. The molecule has 2 heterocycles. The summed E-state index contributed by atoms with van der Waals surface area (Å²) >= 11 is 7.50. The molecular weight excluding hydrogens is 624 g/mol. The summed E-state index contributed by atoms with van der Waals surface area (Å²) in [7, 11) is 0. The Morgan fingerprint density at radius 3 is 1.86 bits per heavy atom.